The largest absolute Gasteiger partial charge is 0.323 e. The third kappa shape index (κ3) is 2.43. The highest BCUT2D eigenvalue weighted by Gasteiger charge is 2.38. The van der Waals surface area contributed by atoms with Crippen LogP contribution >= 0.6 is 11.6 Å². The molecule has 20 heavy (non-hydrogen) atoms. The monoisotopic (exact) mass is 311 g/mol. The van der Waals surface area contributed by atoms with Crippen molar-refractivity contribution in [3.05, 3.63) is 47.0 Å². The maximum absolute atomic E-state index is 12.0. The molecule has 0 aromatic heterocycles. The van der Waals surface area contributed by atoms with E-state index in [2.05, 4.69) is 0 Å². The highest BCUT2D eigenvalue weighted by Crippen LogP contribution is 2.36. The molecule has 108 valence electrons. The second-order valence-electron chi connectivity index (χ2n) is 5.54. The molecule has 0 saturated heterocycles. The predicted molar refractivity (Wildman–Crippen MR) is 84.8 cm³/mol. The molecule has 2 N–H and O–H groups in total. The Morgan fingerprint density at radius 2 is 1.65 bits per heavy atom. The van der Waals surface area contributed by atoms with E-state index in [-0.39, 0.29) is 0 Å². The molecule has 0 aliphatic rings. The van der Waals surface area contributed by atoms with Crippen molar-refractivity contribution < 1.29 is 8.42 Å². The van der Waals surface area contributed by atoms with Gasteiger partial charge in [0, 0.05) is 22.7 Å². The second kappa shape index (κ2) is 5.02. The molecule has 0 spiro atoms. The van der Waals surface area contributed by atoms with Crippen molar-refractivity contribution in [2.24, 2.45) is 5.73 Å². The summed E-state index contributed by atoms with van der Waals surface area (Å²) in [5.74, 6) is 0. The van der Waals surface area contributed by atoms with Crippen molar-refractivity contribution in [2.75, 3.05) is 6.26 Å². The number of hydrogen-bond donors (Lipinski definition) is 1. The van der Waals surface area contributed by atoms with E-state index in [0.29, 0.717) is 5.02 Å². The van der Waals surface area contributed by atoms with Crippen molar-refractivity contribution in [3.63, 3.8) is 0 Å². The third-order valence-electron chi connectivity index (χ3n) is 3.94. The fourth-order valence-electron chi connectivity index (χ4n) is 2.16. The zero-order chi connectivity index (χ0) is 15.1. The van der Waals surface area contributed by atoms with E-state index >= 15 is 0 Å². The Balaban J connectivity index is 2.68. The third-order valence-corrected chi connectivity index (χ3v) is 6.44. The highest BCUT2D eigenvalue weighted by molar-refractivity contribution is 7.92. The van der Waals surface area contributed by atoms with Crippen LogP contribution in [0.25, 0.3) is 10.8 Å². The van der Waals surface area contributed by atoms with Crippen molar-refractivity contribution in [1.29, 1.82) is 0 Å². The Morgan fingerprint density at radius 1 is 1.10 bits per heavy atom. The summed E-state index contributed by atoms with van der Waals surface area (Å²) in [4.78, 5) is 0. The molecular weight excluding hydrogens is 294 g/mol. The van der Waals surface area contributed by atoms with Crippen LogP contribution in [-0.4, -0.2) is 19.4 Å². The lowest BCUT2D eigenvalue weighted by Crippen LogP contribution is -2.42. The van der Waals surface area contributed by atoms with Crippen molar-refractivity contribution in [2.45, 2.75) is 24.6 Å². The number of nitrogens with two attached hydrogens (primary N) is 1. The number of rotatable bonds is 3. The average Bonchev–Trinajstić information content (AvgIpc) is 2.37. The van der Waals surface area contributed by atoms with Gasteiger partial charge in [0.1, 0.15) is 0 Å². The molecule has 0 radical (unpaired) electrons. The maximum Gasteiger partial charge on any atom is 0.154 e. The highest BCUT2D eigenvalue weighted by atomic mass is 35.5. The second-order valence-corrected chi connectivity index (χ2v) is 8.54. The molecule has 0 fully saturated rings. The average molecular weight is 312 g/mol. The summed E-state index contributed by atoms with van der Waals surface area (Å²) in [5.41, 5.74) is 7.04. The number of sulfone groups is 1. The van der Waals surface area contributed by atoms with Crippen molar-refractivity contribution >= 4 is 32.2 Å². The molecule has 2 rings (SSSR count). The minimum absolute atomic E-state index is 0.625. The zero-order valence-corrected chi connectivity index (χ0v) is 13.3. The molecule has 5 heteroatoms. The van der Waals surface area contributed by atoms with Gasteiger partial charge in [-0.3, -0.25) is 0 Å². The first-order valence-corrected chi connectivity index (χ1v) is 8.55. The van der Waals surface area contributed by atoms with E-state index in [9.17, 15) is 8.42 Å². The van der Waals surface area contributed by atoms with Crippen LogP contribution in [0.1, 0.15) is 25.5 Å². The van der Waals surface area contributed by atoms with Crippen LogP contribution in [0.5, 0.6) is 0 Å². The summed E-state index contributed by atoms with van der Waals surface area (Å²) in [6.07, 6.45) is 1.21. The Bertz CT molecular complexity index is 754. The molecule has 1 atom stereocenters. The van der Waals surface area contributed by atoms with Crippen LogP contribution in [-0.2, 0) is 9.84 Å². The van der Waals surface area contributed by atoms with Gasteiger partial charge in [-0.1, -0.05) is 41.9 Å². The van der Waals surface area contributed by atoms with Gasteiger partial charge in [-0.2, -0.15) is 0 Å². The van der Waals surface area contributed by atoms with Gasteiger partial charge in [0.25, 0.3) is 0 Å². The molecule has 3 nitrogen and oxygen atoms in total. The molecule has 2 aromatic carbocycles. The van der Waals surface area contributed by atoms with Crippen LogP contribution in [0.2, 0.25) is 5.02 Å². The van der Waals surface area contributed by atoms with E-state index in [1.807, 2.05) is 30.3 Å². The standard InChI is InChI=1S/C15H18ClNO2S/c1-15(2,20(3,18)19)14(17)12-8-9-13(16)11-7-5-4-6-10(11)12/h4-9,14H,17H2,1-3H3. The quantitative estimate of drug-likeness (QED) is 0.946. The van der Waals surface area contributed by atoms with Crippen molar-refractivity contribution in [3.8, 4) is 0 Å². The summed E-state index contributed by atoms with van der Waals surface area (Å²) < 4.78 is 22.9. The summed E-state index contributed by atoms with van der Waals surface area (Å²) in [6, 6.07) is 10.5. The number of fused-ring (bicyclic) bond motifs is 1. The lowest BCUT2D eigenvalue weighted by molar-refractivity contribution is 0.498. The van der Waals surface area contributed by atoms with Gasteiger partial charge < -0.3 is 5.73 Å². The van der Waals surface area contributed by atoms with E-state index in [1.165, 1.54) is 6.26 Å². The van der Waals surface area contributed by atoms with Crippen LogP contribution in [0, 0.1) is 0 Å². The summed E-state index contributed by atoms with van der Waals surface area (Å²) in [5, 5.41) is 2.41. The molecule has 0 saturated carbocycles. The van der Waals surface area contributed by atoms with Gasteiger partial charge in [-0.05, 0) is 30.9 Å². The van der Waals surface area contributed by atoms with Gasteiger partial charge in [0.15, 0.2) is 9.84 Å². The first kappa shape index (κ1) is 15.3. The predicted octanol–water partition coefficient (Wildman–Crippen LogP) is 3.32. The summed E-state index contributed by atoms with van der Waals surface area (Å²) in [6.45, 7) is 3.30. The van der Waals surface area contributed by atoms with E-state index < -0.39 is 20.6 Å². The number of halogens is 1. The Morgan fingerprint density at radius 3 is 2.20 bits per heavy atom. The van der Waals surface area contributed by atoms with Gasteiger partial charge in [-0.15, -0.1) is 0 Å². The van der Waals surface area contributed by atoms with E-state index in [4.69, 9.17) is 17.3 Å². The fourth-order valence-corrected chi connectivity index (χ4v) is 2.98. The minimum atomic E-state index is -3.29. The maximum atomic E-state index is 12.0. The van der Waals surface area contributed by atoms with Crippen LogP contribution in [0.4, 0.5) is 0 Å². The zero-order valence-electron chi connectivity index (χ0n) is 11.7. The molecule has 0 aliphatic carbocycles. The molecule has 0 amide bonds. The summed E-state index contributed by atoms with van der Waals surface area (Å²) >= 11 is 6.18. The topological polar surface area (TPSA) is 60.2 Å². The van der Waals surface area contributed by atoms with Gasteiger partial charge in [0.2, 0.25) is 0 Å². The summed E-state index contributed by atoms with van der Waals surface area (Å²) in [7, 11) is -3.29. The van der Waals surface area contributed by atoms with E-state index in [0.717, 1.165) is 16.3 Å². The SMILES string of the molecule is CC(C)(C(N)c1ccc(Cl)c2ccccc12)S(C)(=O)=O. The number of benzene rings is 2. The smallest absolute Gasteiger partial charge is 0.154 e. The van der Waals surface area contributed by atoms with Gasteiger partial charge in [-0.25, -0.2) is 8.42 Å². The Kier molecular flexibility index (Phi) is 3.84. The van der Waals surface area contributed by atoms with E-state index in [1.54, 1.807) is 19.9 Å². The first-order valence-electron chi connectivity index (χ1n) is 6.28. The minimum Gasteiger partial charge on any atom is -0.323 e. The van der Waals surface area contributed by atoms with Gasteiger partial charge >= 0.3 is 0 Å². The molecule has 1 unspecified atom stereocenters. The normalized spacial score (nSPS) is 14.4. The lowest BCUT2D eigenvalue weighted by Gasteiger charge is -2.30. The lowest BCUT2D eigenvalue weighted by atomic mass is 9.92. The molecule has 2 aromatic rings. The molecule has 0 bridgehead atoms. The number of hydrogen-bond acceptors (Lipinski definition) is 3. The van der Waals surface area contributed by atoms with Crippen LogP contribution in [0.15, 0.2) is 36.4 Å². The molecule has 0 heterocycles. The Labute approximate surface area is 124 Å². The van der Waals surface area contributed by atoms with Crippen LogP contribution < -0.4 is 5.73 Å². The Hall–Kier alpha value is -1.10. The van der Waals surface area contributed by atoms with Crippen LogP contribution in [0.3, 0.4) is 0 Å². The first-order chi connectivity index (χ1) is 9.16. The van der Waals surface area contributed by atoms with Gasteiger partial charge in [0.05, 0.1) is 4.75 Å². The molecular formula is C15H18ClNO2S. The fraction of sp³-hybridized carbons (Fsp3) is 0.333. The molecule has 0 aliphatic heterocycles. The van der Waals surface area contributed by atoms with Crippen molar-refractivity contribution in [1.82, 2.24) is 0 Å².